The number of rotatable bonds is 5. The highest BCUT2D eigenvalue weighted by molar-refractivity contribution is 7.07. The first-order valence-electron chi connectivity index (χ1n) is 5.82. The van der Waals surface area contributed by atoms with E-state index in [0.717, 1.165) is 21.7 Å². The van der Waals surface area contributed by atoms with Crippen LogP contribution in [0.4, 0.5) is 0 Å². The second kappa shape index (κ2) is 6.34. The van der Waals surface area contributed by atoms with Gasteiger partial charge in [-0.15, -0.1) is 0 Å². The van der Waals surface area contributed by atoms with Gasteiger partial charge in [-0.1, -0.05) is 23.7 Å². The Balaban J connectivity index is 1.83. The van der Waals surface area contributed by atoms with Gasteiger partial charge in [-0.05, 0) is 46.5 Å². The number of nitrogens with one attached hydrogen (secondary N) is 1. The molecule has 1 heterocycles. The number of aryl methyl sites for hydroxylation is 1. The third-order valence-electron chi connectivity index (χ3n) is 2.83. The third kappa shape index (κ3) is 3.56. The highest BCUT2D eigenvalue weighted by Crippen LogP contribution is 2.17. The summed E-state index contributed by atoms with van der Waals surface area (Å²) in [7, 11) is 0. The van der Waals surface area contributed by atoms with Gasteiger partial charge < -0.3 is 10.4 Å². The molecule has 0 bridgehead atoms. The fourth-order valence-corrected chi connectivity index (χ4v) is 2.59. The zero-order valence-corrected chi connectivity index (χ0v) is 11.8. The summed E-state index contributed by atoms with van der Waals surface area (Å²) >= 11 is 7.66. The summed E-state index contributed by atoms with van der Waals surface area (Å²) < 4.78 is 0. The number of hydrogen-bond acceptors (Lipinski definition) is 3. The lowest BCUT2D eigenvalue weighted by molar-refractivity contribution is 0.175. The number of halogens is 1. The smallest absolute Gasteiger partial charge is 0.0922 e. The first-order chi connectivity index (χ1) is 8.66. The summed E-state index contributed by atoms with van der Waals surface area (Å²) in [5.74, 6) is 0. The maximum absolute atomic E-state index is 9.90. The lowest BCUT2D eigenvalue weighted by Gasteiger charge is -2.11. The van der Waals surface area contributed by atoms with Gasteiger partial charge in [0.2, 0.25) is 0 Å². The van der Waals surface area contributed by atoms with Crippen molar-refractivity contribution in [1.29, 1.82) is 0 Å². The highest BCUT2D eigenvalue weighted by atomic mass is 35.5. The van der Waals surface area contributed by atoms with Crippen LogP contribution in [0.1, 0.15) is 22.8 Å². The Kier molecular flexibility index (Phi) is 4.78. The molecule has 1 aromatic carbocycles. The third-order valence-corrected chi connectivity index (χ3v) is 3.94. The minimum absolute atomic E-state index is 0.447. The molecule has 2 rings (SSSR count). The Hall–Kier alpha value is -0.870. The number of aliphatic hydroxyl groups excluding tert-OH is 1. The molecule has 0 fully saturated rings. The van der Waals surface area contributed by atoms with E-state index < -0.39 is 6.10 Å². The highest BCUT2D eigenvalue weighted by Gasteiger charge is 2.07. The van der Waals surface area contributed by atoms with Crippen molar-refractivity contribution < 1.29 is 5.11 Å². The molecular formula is C14H16ClNOS. The van der Waals surface area contributed by atoms with Gasteiger partial charge in [0.1, 0.15) is 0 Å². The van der Waals surface area contributed by atoms with Crippen molar-refractivity contribution in [1.82, 2.24) is 5.32 Å². The van der Waals surface area contributed by atoms with Crippen LogP contribution < -0.4 is 5.32 Å². The van der Waals surface area contributed by atoms with Gasteiger partial charge in [0.05, 0.1) is 6.10 Å². The van der Waals surface area contributed by atoms with Crippen molar-refractivity contribution in [2.45, 2.75) is 19.6 Å². The van der Waals surface area contributed by atoms with Crippen LogP contribution in [0, 0.1) is 6.92 Å². The van der Waals surface area contributed by atoms with Gasteiger partial charge in [-0.2, -0.15) is 11.3 Å². The zero-order valence-electron chi connectivity index (χ0n) is 10.2. The van der Waals surface area contributed by atoms with Gasteiger partial charge >= 0.3 is 0 Å². The molecule has 0 spiro atoms. The van der Waals surface area contributed by atoms with Crippen LogP contribution in [0.2, 0.25) is 5.02 Å². The molecule has 1 aromatic heterocycles. The summed E-state index contributed by atoms with van der Waals surface area (Å²) in [4.78, 5) is 0. The summed E-state index contributed by atoms with van der Waals surface area (Å²) in [6.45, 7) is 3.24. The van der Waals surface area contributed by atoms with Crippen molar-refractivity contribution in [2.75, 3.05) is 6.54 Å². The minimum atomic E-state index is -0.447. The summed E-state index contributed by atoms with van der Waals surface area (Å²) in [6, 6.07) is 7.96. The molecule has 96 valence electrons. The Labute approximate surface area is 116 Å². The summed E-state index contributed by atoms with van der Waals surface area (Å²) in [6.07, 6.45) is -0.447. The molecule has 2 N–H and O–H groups in total. The Morgan fingerprint density at radius 3 is 2.89 bits per heavy atom. The van der Waals surface area contributed by atoms with Crippen LogP contribution >= 0.6 is 22.9 Å². The van der Waals surface area contributed by atoms with E-state index in [4.69, 9.17) is 11.6 Å². The molecule has 0 aliphatic rings. The van der Waals surface area contributed by atoms with Crippen LogP contribution in [0.5, 0.6) is 0 Å². The van der Waals surface area contributed by atoms with E-state index in [1.54, 1.807) is 11.3 Å². The van der Waals surface area contributed by atoms with Gasteiger partial charge in [-0.25, -0.2) is 0 Å². The molecule has 0 radical (unpaired) electrons. The summed E-state index contributed by atoms with van der Waals surface area (Å²) in [5.41, 5.74) is 3.18. The van der Waals surface area contributed by atoms with Crippen molar-refractivity contribution in [2.24, 2.45) is 0 Å². The Morgan fingerprint density at radius 1 is 1.39 bits per heavy atom. The average molecular weight is 282 g/mol. The molecule has 0 aliphatic carbocycles. The van der Waals surface area contributed by atoms with E-state index in [1.807, 2.05) is 41.9 Å². The monoisotopic (exact) mass is 281 g/mol. The first-order valence-corrected chi connectivity index (χ1v) is 7.15. The molecule has 2 nitrogen and oxygen atoms in total. The number of benzene rings is 1. The summed E-state index contributed by atoms with van der Waals surface area (Å²) in [5, 5.41) is 17.9. The second-order valence-electron chi connectivity index (χ2n) is 4.29. The minimum Gasteiger partial charge on any atom is -0.387 e. The van der Waals surface area contributed by atoms with Crippen LogP contribution in [0.3, 0.4) is 0 Å². The SMILES string of the molecule is Cc1ccc(CNCC(O)c2ccsc2)cc1Cl. The lowest BCUT2D eigenvalue weighted by Crippen LogP contribution is -2.20. The number of aliphatic hydroxyl groups is 1. The Bertz CT molecular complexity index is 499. The van der Waals surface area contributed by atoms with Gasteiger partial charge in [0.25, 0.3) is 0 Å². The largest absolute Gasteiger partial charge is 0.387 e. The van der Waals surface area contributed by atoms with Gasteiger partial charge in [-0.3, -0.25) is 0 Å². The van der Waals surface area contributed by atoms with Crippen molar-refractivity contribution in [3.05, 3.63) is 56.7 Å². The van der Waals surface area contributed by atoms with Crippen molar-refractivity contribution in [3.8, 4) is 0 Å². The van der Waals surface area contributed by atoms with E-state index in [0.29, 0.717) is 13.1 Å². The maximum Gasteiger partial charge on any atom is 0.0922 e. The maximum atomic E-state index is 9.90. The molecule has 0 saturated carbocycles. The normalized spacial score (nSPS) is 12.6. The van der Waals surface area contributed by atoms with Crippen molar-refractivity contribution in [3.63, 3.8) is 0 Å². The fourth-order valence-electron chi connectivity index (χ4n) is 1.68. The van der Waals surface area contributed by atoms with E-state index in [-0.39, 0.29) is 0 Å². The molecule has 18 heavy (non-hydrogen) atoms. The molecule has 1 unspecified atom stereocenters. The van der Waals surface area contributed by atoms with E-state index in [1.165, 1.54) is 0 Å². The first kappa shape index (κ1) is 13.6. The molecule has 1 atom stereocenters. The number of hydrogen-bond donors (Lipinski definition) is 2. The molecule has 4 heteroatoms. The quantitative estimate of drug-likeness (QED) is 0.879. The van der Waals surface area contributed by atoms with Crippen LogP contribution in [-0.2, 0) is 6.54 Å². The van der Waals surface area contributed by atoms with Crippen molar-refractivity contribution >= 4 is 22.9 Å². The van der Waals surface area contributed by atoms with Crippen LogP contribution in [0.25, 0.3) is 0 Å². The second-order valence-corrected chi connectivity index (χ2v) is 5.47. The fraction of sp³-hybridized carbons (Fsp3) is 0.286. The topological polar surface area (TPSA) is 32.3 Å². The molecule has 2 aromatic rings. The van der Waals surface area contributed by atoms with Crippen LogP contribution in [-0.4, -0.2) is 11.7 Å². The molecular weight excluding hydrogens is 266 g/mol. The van der Waals surface area contributed by atoms with E-state index in [2.05, 4.69) is 5.32 Å². The molecule has 0 aliphatic heterocycles. The average Bonchev–Trinajstić information content (AvgIpc) is 2.87. The molecule has 0 saturated heterocycles. The van der Waals surface area contributed by atoms with Gasteiger partial charge in [0, 0.05) is 18.1 Å². The standard InChI is InChI=1S/C14H16ClNOS/c1-10-2-3-11(6-13(10)15)7-16-8-14(17)12-4-5-18-9-12/h2-6,9,14,16-17H,7-8H2,1H3. The van der Waals surface area contributed by atoms with Crippen LogP contribution in [0.15, 0.2) is 35.0 Å². The lowest BCUT2D eigenvalue weighted by atomic mass is 10.1. The predicted molar refractivity (Wildman–Crippen MR) is 77.2 cm³/mol. The van der Waals surface area contributed by atoms with E-state index >= 15 is 0 Å². The van der Waals surface area contributed by atoms with Gasteiger partial charge in [0.15, 0.2) is 0 Å². The number of thiophene rings is 1. The predicted octanol–water partition coefficient (Wildman–Crippen LogP) is 3.53. The zero-order chi connectivity index (χ0) is 13.0. The Morgan fingerprint density at radius 2 is 2.22 bits per heavy atom. The molecule has 0 amide bonds. The van der Waals surface area contributed by atoms with E-state index in [9.17, 15) is 5.11 Å².